The number of nitrogens with zero attached hydrogens (tertiary/aromatic N) is 1. The molecular formula is C17H23ClN2O3. The van der Waals surface area contributed by atoms with E-state index in [-0.39, 0.29) is 24.7 Å². The molecule has 6 heteroatoms. The number of amides is 1. The minimum atomic E-state index is -0.0446. The van der Waals surface area contributed by atoms with Gasteiger partial charge in [-0.05, 0) is 43.5 Å². The van der Waals surface area contributed by atoms with Gasteiger partial charge >= 0.3 is 0 Å². The maximum Gasteiger partial charge on any atom is 0.251 e. The number of aryl methyl sites for hydroxylation is 1. The van der Waals surface area contributed by atoms with Crippen molar-refractivity contribution in [1.82, 2.24) is 10.2 Å². The van der Waals surface area contributed by atoms with Crippen LogP contribution in [0.2, 0.25) is 5.02 Å². The van der Waals surface area contributed by atoms with Gasteiger partial charge in [0.1, 0.15) is 0 Å². The third-order valence-electron chi connectivity index (χ3n) is 4.71. The fourth-order valence-electron chi connectivity index (χ4n) is 3.51. The Kier molecular flexibility index (Phi) is 5.21. The molecule has 3 rings (SSSR count). The second-order valence-corrected chi connectivity index (χ2v) is 6.88. The zero-order valence-electron chi connectivity index (χ0n) is 13.3. The highest BCUT2D eigenvalue weighted by Gasteiger charge is 2.37. The van der Waals surface area contributed by atoms with Gasteiger partial charge in [-0.25, -0.2) is 0 Å². The van der Waals surface area contributed by atoms with Gasteiger partial charge in [0.05, 0.1) is 12.7 Å². The molecule has 0 spiro atoms. The SMILES string of the molecule is Cc1cc(Cl)ccc1C(=O)N[C@H]1C[C@H]2CO[C@@H](CCO)CN2C1. The molecule has 23 heavy (non-hydrogen) atoms. The molecule has 0 aliphatic carbocycles. The first-order chi connectivity index (χ1) is 11.1. The lowest BCUT2D eigenvalue weighted by molar-refractivity contribution is -0.0566. The van der Waals surface area contributed by atoms with Crippen molar-refractivity contribution in [2.24, 2.45) is 0 Å². The first kappa shape index (κ1) is 16.7. The van der Waals surface area contributed by atoms with Gasteiger partial charge in [0.15, 0.2) is 0 Å². The lowest BCUT2D eigenvalue weighted by atomic mass is 10.1. The summed E-state index contributed by atoms with van der Waals surface area (Å²) in [6.07, 6.45) is 1.68. The number of rotatable bonds is 4. The zero-order chi connectivity index (χ0) is 16.4. The number of nitrogens with one attached hydrogen (secondary N) is 1. The average Bonchev–Trinajstić information content (AvgIpc) is 2.88. The van der Waals surface area contributed by atoms with E-state index in [2.05, 4.69) is 10.2 Å². The third kappa shape index (κ3) is 3.86. The number of carbonyl (C=O) groups is 1. The van der Waals surface area contributed by atoms with Crippen LogP contribution in [0.25, 0.3) is 0 Å². The quantitative estimate of drug-likeness (QED) is 0.875. The first-order valence-corrected chi connectivity index (χ1v) is 8.48. The molecule has 2 aliphatic rings. The molecule has 1 aromatic carbocycles. The number of carbonyl (C=O) groups excluding carboxylic acids is 1. The summed E-state index contributed by atoms with van der Waals surface area (Å²) in [5.41, 5.74) is 1.56. The molecular weight excluding hydrogens is 316 g/mol. The van der Waals surface area contributed by atoms with Gasteiger partial charge < -0.3 is 15.2 Å². The topological polar surface area (TPSA) is 61.8 Å². The maximum absolute atomic E-state index is 12.5. The van der Waals surface area contributed by atoms with Crippen molar-refractivity contribution in [1.29, 1.82) is 0 Å². The van der Waals surface area contributed by atoms with Crippen LogP contribution in [-0.4, -0.2) is 60.4 Å². The van der Waals surface area contributed by atoms with Crippen LogP contribution >= 0.6 is 11.6 Å². The van der Waals surface area contributed by atoms with E-state index in [1.54, 1.807) is 12.1 Å². The number of benzene rings is 1. The standard InChI is InChI=1S/C17H23ClN2O3/c1-11-6-12(18)2-3-16(11)17(22)19-13-7-14-10-23-15(4-5-21)9-20(14)8-13/h2-3,6,13-15,21H,4-5,7-10H2,1H3,(H,19,22)/t13-,14-,15-/m0/s1. The van der Waals surface area contributed by atoms with Crippen molar-refractivity contribution >= 4 is 17.5 Å². The van der Waals surface area contributed by atoms with Crippen LogP contribution in [0.3, 0.4) is 0 Å². The zero-order valence-corrected chi connectivity index (χ0v) is 14.1. The third-order valence-corrected chi connectivity index (χ3v) is 4.94. The molecule has 0 unspecified atom stereocenters. The molecule has 2 fully saturated rings. The Morgan fingerprint density at radius 1 is 1.48 bits per heavy atom. The number of aliphatic hydroxyl groups is 1. The van der Waals surface area contributed by atoms with Crippen molar-refractivity contribution in [2.45, 2.75) is 38.0 Å². The fourth-order valence-corrected chi connectivity index (χ4v) is 3.74. The molecule has 0 saturated carbocycles. The van der Waals surface area contributed by atoms with E-state index in [4.69, 9.17) is 21.4 Å². The predicted octanol–water partition coefficient (Wildman–Crippen LogP) is 1.60. The monoisotopic (exact) mass is 338 g/mol. The summed E-state index contributed by atoms with van der Waals surface area (Å²) >= 11 is 5.94. The number of halogens is 1. The molecule has 2 N–H and O–H groups in total. The van der Waals surface area contributed by atoms with E-state index in [1.807, 2.05) is 13.0 Å². The molecule has 1 aromatic rings. The van der Waals surface area contributed by atoms with Crippen molar-refractivity contribution in [3.63, 3.8) is 0 Å². The van der Waals surface area contributed by atoms with Gasteiger partial charge in [0.2, 0.25) is 0 Å². The van der Waals surface area contributed by atoms with Gasteiger partial charge in [0, 0.05) is 42.4 Å². The Hall–Kier alpha value is -1.14. The lowest BCUT2D eigenvalue weighted by Crippen LogP contribution is -2.46. The van der Waals surface area contributed by atoms with Crippen LogP contribution in [-0.2, 0) is 4.74 Å². The van der Waals surface area contributed by atoms with Crippen molar-refractivity contribution in [3.05, 3.63) is 34.3 Å². The van der Waals surface area contributed by atoms with Gasteiger partial charge in [-0.15, -0.1) is 0 Å². The Labute approximate surface area is 141 Å². The molecule has 2 saturated heterocycles. The maximum atomic E-state index is 12.5. The number of hydrogen-bond acceptors (Lipinski definition) is 4. The Balaban J connectivity index is 1.58. The highest BCUT2D eigenvalue weighted by molar-refractivity contribution is 6.30. The molecule has 2 heterocycles. The van der Waals surface area contributed by atoms with Crippen LogP contribution in [0.1, 0.15) is 28.8 Å². The van der Waals surface area contributed by atoms with E-state index in [0.29, 0.717) is 29.7 Å². The van der Waals surface area contributed by atoms with Crippen molar-refractivity contribution in [3.8, 4) is 0 Å². The minimum absolute atomic E-state index is 0.0446. The summed E-state index contributed by atoms with van der Waals surface area (Å²) in [5, 5.41) is 12.8. The normalized spacial score (nSPS) is 27.7. The first-order valence-electron chi connectivity index (χ1n) is 8.10. The molecule has 0 aromatic heterocycles. The number of ether oxygens (including phenoxy) is 1. The van der Waals surface area contributed by atoms with Gasteiger partial charge in [-0.2, -0.15) is 0 Å². The van der Waals surface area contributed by atoms with E-state index in [9.17, 15) is 4.79 Å². The summed E-state index contributed by atoms with van der Waals surface area (Å²) in [4.78, 5) is 14.8. The molecule has 0 bridgehead atoms. The number of hydrogen-bond donors (Lipinski definition) is 2. The summed E-state index contributed by atoms with van der Waals surface area (Å²) in [7, 11) is 0. The fraction of sp³-hybridized carbons (Fsp3) is 0.588. The van der Waals surface area contributed by atoms with Gasteiger partial charge in [0.25, 0.3) is 5.91 Å². The van der Waals surface area contributed by atoms with E-state index >= 15 is 0 Å². The van der Waals surface area contributed by atoms with Crippen LogP contribution in [0, 0.1) is 6.92 Å². The summed E-state index contributed by atoms with van der Waals surface area (Å²) < 4.78 is 5.77. The Morgan fingerprint density at radius 3 is 3.04 bits per heavy atom. The highest BCUT2D eigenvalue weighted by atomic mass is 35.5. The highest BCUT2D eigenvalue weighted by Crippen LogP contribution is 2.25. The second-order valence-electron chi connectivity index (χ2n) is 6.44. The summed E-state index contributed by atoms with van der Waals surface area (Å²) in [5.74, 6) is -0.0446. The van der Waals surface area contributed by atoms with Crippen molar-refractivity contribution in [2.75, 3.05) is 26.3 Å². The van der Waals surface area contributed by atoms with E-state index in [1.165, 1.54) is 0 Å². The lowest BCUT2D eigenvalue weighted by Gasteiger charge is -2.34. The smallest absolute Gasteiger partial charge is 0.251 e. The molecule has 126 valence electrons. The summed E-state index contributed by atoms with van der Waals surface area (Å²) in [6, 6.07) is 5.83. The predicted molar refractivity (Wildman–Crippen MR) is 88.9 cm³/mol. The van der Waals surface area contributed by atoms with Gasteiger partial charge in [-0.3, -0.25) is 9.69 Å². The summed E-state index contributed by atoms with van der Waals surface area (Å²) in [6.45, 7) is 4.40. The number of fused-ring (bicyclic) bond motifs is 1. The molecule has 0 radical (unpaired) electrons. The van der Waals surface area contributed by atoms with Crippen molar-refractivity contribution < 1.29 is 14.6 Å². The van der Waals surface area contributed by atoms with Gasteiger partial charge in [-0.1, -0.05) is 11.6 Å². The average molecular weight is 339 g/mol. The minimum Gasteiger partial charge on any atom is -0.396 e. The second kappa shape index (κ2) is 7.18. The number of morpholine rings is 1. The van der Waals surface area contributed by atoms with Crippen LogP contribution < -0.4 is 5.32 Å². The van der Waals surface area contributed by atoms with Crippen LogP contribution in [0.4, 0.5) is 0 Å². The molecule has 5 nitrogen and oxygen atoms in total. The Bertz CT molecular complexity index is 581. The van der Waals surface area contributed by atoms with E-state index < -0.39 is 0 Å². The molecule has 1 amide bonds. The molecule has 2 aliphatic heterocycles. The number of aliphatic hydroxyl groups excluding tert-OH is 1. The Morgan fingerprint density at radius 2 is 2.30 bits per heavy atom. The molecule has 3 atom stereocenters. The van der Waals surface area contributed by atoms with Crippen LogP contribution in [0.15, 0.2) is 18.2 Å². The largest absolute Gasteiger partial charge is 0.396 e. The van der Waals surface area contributed by atoms with E-state index in [0.717, 1.165) is 25.1 Å². The van der Waals surface area contributed by atoms with Crippen LogP contribution in [0.5, 0.6) is 0 Å².